The fraction of sp³-hybridized carbons (Fsp3) is 0. The number of benzene rings is 23. The van der Waals surface area contributed by atoms with Crippen molar-refractivity contribution in [1.82, 2.24) is 0 Å². The van der Waals surface area contributed by atoms with Gasteiger partial charge in [0.1, 0.15) is 33.5 Å². The molecule has 0 saturated carbocycles. The van der Waals surface area contributed by atoms with Gasteiger partial charge in [-0.3, -0.25) is 0 Å². The summed E-state index contributed by atoms with van der Waals surface area (Å²) in [5.74, 6) is 0. The van der Waals surface area contributed by atoms with Gasteiger partial charge in [0.2, 0.25) is 0 Å². The molecule has 0 spiro atoms. The predicted octanol–water partition coefficient (Wildman–Crippen LogP) is 38.3. The maximum absolute atomic E-state index is 7.10. The molecule has 0 fully saturated rings. The summed E-state index contributed by atoms with van der Waals surface area (Å²) < 4.78 is 20.4. The molecular formula is C134H86N2O3. The zero-order valence-corrected chi connectivity index (χ0v) is 75.8. The van der Waals surface area contributed by atoms with Crippen molar-refractivity contribution >= 4 is 121 Å². The van der Waals surface area contributed by atoms with Crippen LogP contribution in [0.2, 0.25) is 0 Å². The number of nitrogens with zero attached hydrogens (tertiary/aromatic N) is 2. The number of rotatable bonds is 19. The van der Waals surface area contributed by atoms with E-state index in [1.807, 2.05) is 18.2 Å². The molecule has 0 saturated heterocycles. The Hall–Kier alpha value is -18.4. The Morgan fingerprint density at radius 3 is 0.712 bits per heavy atom. The standard InChI is InChI=1S/C134H86N2O3/c1-2-23-87(24-3-1)88-53-65-110(66-54-88)135(111-67-55-89(56-68-111)96-29-14-34-101(77-96)118-44-19-27-94-25-4-6-39-116(94)118)115-75-63-93(64-76-115)106-82-107(100-33-18-37-104(81-100)121-47-22-49-126-123-42-9-12-51-130(123)138-133(121)126)84-108(83-106)109-85-127(134-128(86-109)124-43-10-13-52-131(124)139-134)105-38-17-32-99(80-105)92-61-73-114(74-62-92)136(112-69-57-90(58-70-112)97-30-15-35-102(78-97)119-45-20-28-95-26-5-7-40-117(95)119)113-71-59-91(60-72-113)98-31-16-36-103(79-98)120-46-21-48-125-122-41-8-11-50-129(122)137-132(120)125/h1-86H. The van der Waals surface area contributed by atoms with Crippen LogP contribution in [0.25, 0.3) is 232 Å². The second-order valence-corrected chi connectivity index (χ2v) is 36.1. The first kappa shape index (κ1) is 81.4. The summed E-state index contributed by atoms with van der Waals surface area (Å²) in [6.07, 6.45) is 0. The zero-order valence-electron chi connectivity index (χ0n) is 75.8. The van der Waals surface area contributed by atoms with E-state index in [0.29, 0.717) is 0 Å². The van der Waals surface area contributed by atoms with E-state index in [9.17, 15) is 0 Å². The van der Waals surface area contributed by atoms with Crippen molar-refractivity contribution in [3.8, 4) is 145 Å². The van der Waals surface area contributed by atoms with Crippen LogP contribution in [-0.4, -0.2) is 0 Å². The topological polar surface area (TPSA) is 45.9 Å². The van der Waals surface area contributed by atoms with Gasteiger partial charge >= 0.3 is 0 Å². The zero-order chi connectivity index (χ0) is 91.8. The third-order valence-corrected chi connectivity index (χ3v) is 27.9. The summed E-state index contributed by atoms with van der Waals surface area (Å²) in [7, 11) is 0. The molecule has 5 heteroatoms. The maximum Gasteiger partial charge on any atom is 0.143 e. The van der Waals surface area contributed by atoms with E-state index in [4.69, 9.17) is 13.3 Å². The van der Waals surface area contributed by atoms with Crippen LogP contribution in [0.5, 0.6) is 0 Å². The molecular weight excluding hydrogens is 1690 g/mol. The van der Waals surface area contributed by atoms with Gasteiger partial charge in [0, 0.05) is 83.1 Å². The van der Waals surface area contributed by atoms with Crippen LogP contribution in [0.15, 0.2) is 535 Å². The summed E-state index contributed by atoms with van der Waals surface area (Å²) in [4.78, 5) is 4.74. The molecule has 23 aromatic carbocycles. The Balaban J connectivity index is 0.567. The Bertz CT molecular complexity index is 9220. The second kappa shape index (κ2) is 34.6. The number of hydrogen-bond acceptors (Lipinski definition) is 5. The number of anilines is 6. The van der Waals surface area contributed by atoms with E-state index in [0.717, 1.165) is 217 Å². The first-order valence-corrected chi connectivity index (χ1v) is 47.5. The molecule has 26 rings (SSSR count). The highest BCUT2D eigenvalue weighted by Crippen LogP contribution is 2.49. The number of hydrogen-bond donors (Lipinski definition) is 0. The molecule has 3 aromatic heterocycles. The lowest BCUT2D eigenvalue weighted by atomic mass is 9.89. The van der Waals surface area contributed by atoms with Crippen LogP contribution in [0, 0.1) is 0 Å². The number of furan rings is 3. The lowest BCUT2D eigenvalue weighted by molar-refractivity contribution is 0.669. The second-order valence-electron chi connectivity index (χ2n) is 36.1. The molecule has 650 valence electrons. The average Bonchev–Trinajstić information content (AvgIpc) is 1.63. The van der Waals surface area contributed by atoms with Crippen LogP contribution in [0.1, 0.15) is 0 Å². The lowest BCUT2D eigenvalue weighted by Crippen LogP contribution is -2.09. The van der Waals surface area contributed by atoms with Crippen molar-refractivity contribution in [3.05, 3.63) is 522 Å². The first-order valence-electron chi connectivity index (χ1n) is 47.5. The average molecular weight is 1770 g/mol. The van der Waals surface area contributed by atoms with Crippen LogP contribution in [0.4, 0.5) is 34.1 Å². The Morgan fingerprint density at radius 1 is 0.115 bits per heavy atom. The summed E-state index contributed by atoms with van der Waals surface area (Å²) in [6.45, 7) is 0. The Labute approximate surface area is 805 Å². The lowest BCUT2D eigenvalue weighted by Gasteiger charge is -2.26. The predicted molar refractivity (Wildman–Crippen MR) is 583 cm³/mol. The molecule has 3 heterocycles. The van der Waals surface area contributed by atoms with E-state index in [1.165, 1.54) is 49.4 Å². The molecule has 139 heavy (non-hydrogen) atoms. The molecule has 0 amide bonds. The van der Waals surface area contributed by atoms with Gasteiger partial charge in [0.05, 0.1) is 0 Å². The van der Waals surface area contributed by atoms with Gasteiger partial charge in [0.15, 0.2) is 0 Å². The molecule has 0 unspecified atom stereocenters. The number of para-hydroxylation sites is 5. The highest BCUT2D eigenvalue weighted by Gasteiger charge is 2.24. The monoisotopic (exact) mass is 1770 g/mol. The van der Waals surface area contributed by atoms with Gasteiger partial charge in [-0.15, -0.1) is 0 Å². The molecule has 0 aliphatic heterocycles. The van der Waals surface area contributed by atoms with Crippen LogP contribution in [0.3, 0.4) is 0 Å². The maximum atomic E-state index is 7.10. The Morgan fingerprint density at radius 2 is 0.331 bits per heavy atom. The highest BCUT2D eigenvalue weighted by atomic mass is 16.3. The van der Waals surface area contributed by atoms with Gasteiger partial charge in [-0.05, 0) is 301 Å². The number of fused-ring (bicyclic) bond motifs is 11. The summed E-state index contributed by atoms with van der Waals surface area (Å²) in [6, 6.07) is 190. The Kier molecular flexibility index (Phi) is 20.2. The molecule has 26 aromatic rings. The molecule has 0 atom stereocenters. The van der Waals surface area contributed by atoms with E-state index in [2.05, 4.69) is 513 Å². The van der Waals surface area contributed by atoms with E-state index in [1.54, 1.807) is 0 Å². The minimum absolute atomic E-state index is 0.829. The van der Waals surface area contributed by atoms with E-state index < -0.39 is 0 Å². The van der Waals surface area contributed by atoms with Crippen molar-refractivity contribution in [1.29, 1.82) is 0 Å². The fourth-order valence-electron chi connectivity index (χ4n) is 20.9. The third-order valence-electron chi connectivity index (χ3n) is 27.9. The molecule has 0 N–H and O–H groups in total. The minimum atomic E-state index is 0.829. The van der Waals surface area contributed by atoms with E-state index in [-0.39, 0.29) is 0 Å². The molecule has 5 nitrogen and oxygen atoms in total. The highest BCUT2D eigenvalue weighted by molar-refractivity contribution is 6.14. The van der Waals surface area contributed by atoms with Crippen molar-refractivity contribution in [3.63, 3.8) is 0 Å². The van der Waals surface area contributed by atoms with Gasteiger partial charge in [0.25, 0.3) is 0 Å². The van der Waals surface area contributed by atoms with Gasteiger partial charge in [-0.1, -0.05) is 370 Å². The van der Waals surface area contributed by atoms with E-state index >= 15 is 0 Å². The van der Waals surface area contributed by atoms with Gasteiger partial charge in [-0.2, -0.15) is 0 Å². The van der Waals surface area contributed by atoms with Crippen LogP contribution >= 0.6 is 0 Å². The molecule has 0 radical (unpaired) electrons. The summed E-state index contributed by atoms with van der Waals surface area (Å²) in [5, 5.41) is 11.4. The fourth-order valence-corrected chi connectivity index (χ4v) is 20.9. The SMILES string of the molecule is c1ccc(-c2ccc(N(c3ccc(-c4cc(-c5cccc(-c6cccc7c6oc6ccccc67)c5)cc(-c5cc(-c6cccc(-c7ccc(N(c8ccc(-c9cccc(-c%10cccc%11ccccc%10%11)c9)cc8)c8ccc(-c9cccc(-c%10cccc%11c%10oc%10ccccc%10%11)c9)cc8)cc7)c6)c6oc7ccccc7c6c5)c4)cc3)c3ccc(-c4cccc(-c5cccc6ccccc56)c4)cc3)cc2)cc1. The van der Waals surface area contributed by atoms with Crippen LogP contribution < -0.4 is 9.80 Å². The first-order chi connectivity index (χ1) is 68.8. The van der Waals surface area contributed by atoms with Gasteiger partial charge < -0.3 is 23.1 Å². The van der Waals surface area contributed by atoms with Crippen LogP contribution in [-0.2, 0) is 0 Å². The summed E-state index contributed by atoms with van der Waals surface area (Å²) >= 11 is 0. The van der Waals surface area contributed by atoms with Crippen molar-refractivity contribution in [2.75, 3.05) is 9.80 Å². The smallest absolute Gasteiger partial charge is 0.143 e. The largest absolute Gasteiger partial charge is 0.455 e. The van der Waals surface area contributed by atoms with Crippen molar-refractivity contribution < 1.29 is 13.3 Å². The summed E-state index contributed by atoms with van der Waals surface area (Å²) in [5.41, 5.74) is 40.2. The van der Waals surface area contributed by atoms with Gasteiger partial charge in [-0.25, -0.2) is 0 Å². The molecule has 0 aliphatic rings. The van der Waals surface area contributed by atoms with Crippen molar-refractivity contribution in [2.24, 2.45) is 0 Å². The molecule has 0 aliphatic carbocycles. The quantitative estimate of drug-likeness (QED) is 0.0807. The van der Waals surface area contributed by atoms with Crippen molar-refractivity contribution in [2.45, 2.75) is 0 Å². The molecule has 0 bridgehead atoms. The third kappa shape index (κ3) is 15.1. The normalized spacial score (nSPS) is 11.6. The minimum Gasteiger partial charge on any atom is -0.455 e.